The average molecular weight is 245 g/mol. The van der Waals surface area contributed by atoms with Crippen LogP contribution in [0.5, 0.6) is 0 Å². The molecule has 2 nitrogen and oxygen atoms in total. The topological polar surface area (TPSA) is 21.3 Å². The van der Waals surface area contributed by atoms with E-state index in [0.717, 1.165) is 13.2 Å². The number of ether oxygens (including phenoxy) is 1. The van der Waals surface area contributed by atoms with Gasteiger partial charge in [-0.2, -0.15) is 0 Å². The first kappa shape index (κ1) is 12.2. The van der Waals surface area contributed by atoms with E-state index in [4.69, 9.17) is 4.74 Å². The van der Waals surface area contributed by atoms with Gasteiger partial charge in [-0.25, -0.2) is 0 Å². The third-order valence-corrected chi connectivity index (χ3v) is 4.21. The second-order valence-electron chi connectivity index (χ2n) is 6.55. The fourth-order valence-electron chi connectivity index (χ4n) is 3.08. The Bertz CT molecular complexity index is 447. The molecule has 1 fully saturated rings. The number of benzene rings is 1. The Balaban J connectivity index is 2.00. The quantitative estimate of drug-likeness (QED) is 0.759. The van der Waals surface area contributed by atoms with Crippen LogP contribution in [0, 0.1) is 0 Å². The monoisotopic (exact) mass is 245 g/mol. The predicted molar refractivity (Wildman–Crippen MR) is 73.9 cm³/mol. The van der Waals surface area contributed by atoms with E-state index in [0.29, 0.717) is 6.04 Å². The lowest BCUT2D eigenvalue weighted by Gasteiger charge is -2.38. The SMILES string of the molecule is CC(C)(C)c1ccc2c(c1)C1OCCNC1CC2. The summed E-state index contributed by atoms with van der Waals surface area (Å²) in [5.41, 5.74) is 4.53. The fraction of sp³-hybridized carbons (Fsp3) is 0.625. The van der Waals surface area contributed by atoms with E-state index >= 15 is 0 Å². The summed E-state index contributed by atoms with van der Waals surface area (Å²) in [5.74, 6) is 0. The van der Waals surface area contributed by atoms with E-state index in [1.165, 1.54) is 29.5 Å². The van der Waals surface area contributed by atoms with Crippen LogP contribution in [0.25, 0.3) is 0 Å². The minimum Gasteiger partial charge on any atom is -0.371 e. The molecule has 0 spiro atoms. The summed E-state index contributed by atoms with van der Waals surface area (Å²) in [7, 11) is 0. The van der Waals surface area contributed by atoms with E-state index in [-0.39, 0.29) is 11.5 Å². The van der Waals surface area contributed by atoms with Crippen molar-refractivity contribution in [2.75, 3.05) is 13.2 Å². The number of morpholine rings is 1. The molecular weight excluding hydrogens is 222 g/mol. The highest BCUT2D eigenvalue weighted by molar-refractivity contribution is 5.39. The molecule has 2 unspecified atom stereocenters. The molecule has 0 saturated carbocycles. The Kier molecular flexibility index (Phi) is 2.95. The van der Waals surface area contributed by atoms with Gasteiger partial charge in [0.1, 0.15) is 0 Å². The second kappa shape index (κ2) is 4.36. The number of aryl methyl sites for hydroxylation is 1. The maximum absolute atomic E-state index is 6.01. The van der Waals surface area contributed by atoms with Gasteiger partial charge in [0.25, 0.3) is 0 Å². The summed E-state index contributed by atoms with van der Waals surface area (Å²) in [6.07, 6.45) is 2.65. The molecule has 3 rings (SSSR count). The predicted octanol–water partition coefficient (Wildman–Crippen LogP) is 2.96. The summed E-state index contributed by atoms with van der Waals surface area (Å²) in [5, 5.41) is 3.60. The minimum absolute atomic E-state index is 0.212. The first-order chi connectivity index (χ1) is 8.55. The summed E-state index contributed by atoms with van der Waals surface area (Å²) in [6, 6.07) is 7.49. The molecule has 1 aromatic rings. The van der Waals surface area contributed by atoms with E-state index in [9.17, 15) is 0 Å². The lowest BCUT2D eigenvalue weighted by Crippen LogP contribution is -2.45. The van der Waals surface area contributed by atoms with Crippen LogP contribution in [-0.4, -0.2) is 19.2 Å². The van der Waals surface area contributed by atoms with Crippen molar-refractivity contribution in [3.8, 4) is 0 Å². The van der Waals surface area contributed by atoms with Crippen LogP contribution < -0.4 is 5.32 Å². The van der Waals surface area contributed by atoms with E-state index in [1.807, 2.05) is 0 Å². The Hall–Kier alpha value is -0.860. The summed E-state index contributed by atoms with van der Waals surface area (Å²) in [6.45, 7) is 8.65. The number of nitrogens with one attached hydrogen (secondary N) is 1. The normalized spacial score (nSPS) is 27.5. The maximum Gasteiger partial charge on any atom is 0.0981 e. The van der Waals surface area contributed by atoms with Gasteiger partial charge in [0.15, 0.2) is 0 Å². The van der Waals surface area contributed by atoms with Gasteiger partial charge in [0.2, 0.25) is 0 Å². The van der Waals surface area contributed by atoms with Crippen molar-refractivity contribution in [1.82, 2.24) is 5.32 Å². The molecular formula is C16H23NO. The van der Waals surface area contributed by atoms with Gasteiger partial charge >= 0.3 is 0 Å². The molecule has 0 aromatic heterocycles. The van der Waals surface area contributed by atoms with Crippen molar-refractivity contribution in [3.05, 3.63) is 34.9 Å². The highest BCUT2D eigenvalue weighted by Gasteiger charge is 2.33. The van der Waals surface area contributed by atoms with Crippen LogP contribution in [0.2, 0.25) is 0 Å². The van der Waals surface area contributed by atoms with Crippen molar-refractivity contribution >= 4 is 0 Å². The molecule has 1 aromatic carbocycles. The molecule has 0 amide bonds. The molecule has 2 atom stereocenters. The Labute approximate surface area is 110 Å². The molecule has 1 saturated heterocycles. The Morgan fingerprint density at radius 3 is 2.89 bits per heavy atom. The Morgan fingerprint density at radius 1 is 1.28 bits per heavy atom. The Morgan fingerprint density at radius 2 is 2.11 bits per heavy atom. The lowest BCUT2D eigenvalue weighted by molar-refractivity contribution is -0.0127. The molecule has 0 radical (unpaired) electrons. The van der Waals surface area contributed by atoms with Gasteiger partial charge in [-0.05, 0) is 34.9 Å². The first-order valence-electron chi connectivity index (χ1n) is 7.04. The third kappa shape index (κ3) is 2.08. The van der Waals surface area contributed by atoms with Gasteiger partial charge in [-0.15, -0.1) is 0 Å². The van der Waals surface area contributed by atoms with Crippen LogP contribution in [0.15, 0.2) is 18.2 Å². The van der Waals surface area contributed by atoms with E-state index < -0.39 is 0 Å². The molecule has 1 N–H and O–H groups in total. The van der Waals surface area contributed by atoms with Crippen molar-refractivity contribution < 1.29 is 4.74 Å². The third-order valence-electron chi connectivity index (χ3n) is 4.21. The summed E-state index contributed by atoms with van der Waals surface area (Å²) in [4.78, 5) is 0. The summed E-state index contributed by atoms with van der Waals surface area (Å²) >= 11 is 0. The summed E-state index contributed by atoms with van der Waals surface area (Å²) < 4.78 is 6.01. The van der Waals surface area contributed by atoms with Crippen LogP contribution in [0.1, 0.15) is 50.0 Å². The van der Waals surface area contributed by atoms with Gasteiger partial charge in [-0.3, -0.25) is 0 Å². The maximum atomic E-state index is 6.01. The zero-order valence-corrected chi connectivity index (χ0v) is 11.6. The lowest BCUT2D eigenvalue weighted by atomic mass is 9.79. The fourth-order valence-corrected chi connectivity index (χ4v) is 3.08. The minimum atomic E-state index is 0.212. The van der Waals surface area contributed by atoms with Crippen molar-refractivity contribution in [1.29, 1.82) is 0 Å². The van der Waals surface area contributed by atoms with Crippen molar-refractivity contribution in [3.63, 3.8) is 0 Å². The highest BCUT2D eigenvalue weighted by Crippen LogP contribution is 2.36. The zero-order valence-electron chi connectivity index (χ0n) is 11.6. The second-order valence-corrected chi connectivity index (χ2v) is 6.55. The van der Waals surface area contributed by atoms with E-state index in [1.54, 1.807) is 0 Å². The number of fused-ring (bicyclic) bond motifs is 3. The van der Waals surface area contributed by atoms with Gasteiger partial charge in [0, 0.05) is 12.6 Å². The number of hydrogen-bond acceptors (Lipinski definition) is 2. The van der Waals surface area contributed by atoms with Gasteiger partial charge in [0.05, 0.1) is 12.7 Å². The van der Waals surface area contributed by atoms with Gasteiger partial charge < -0.3 is 10.1 Å². The standard InChI is InChI=1S/C16H23NO/c1-16(2,3)12-6-4-11-5-7-14-15(13(11)10-12)18-9-8-17-14/h4,6,10,14-15,17H,5,7-9H2,1-3H3. The molecule has 0 bridgehead atoms. The molecule has 18 heavy (non-hydrogen) atoms. The van der Waals surface area contributed by atoms with Crippen LogP contribution in [-0.2, 0) is 16.6 Å². The first-order valence-corrected chi connectivity index (χ1v) is 7.04. The van der Waals surface area contributed by atoms with E-state index in [2.05, 4.69) is 44.3 Å². The molecule has 98 valence electrons. The molecule has 2 aliphatic rings. The van der Waals surface area contributed by atoms with Crippen LogP contribution in [0.4, 0.5) is 0 Å². The largest absolute Gasteiger partial charge is 0.371 e. The molecule has 1 aliphatic heterocycles. The smallest absolute Gasteiger partial charge is 0.0981 e. The van der Waals surface area contributed by atoms with Crippen LogP contribution in [0.3, 0.4) is 0 Å². The van der Waals surface area contributed by atoms with Crippen molar-refractivity contribution in [2.24, 2.45) is 0 Å². The zero-order chi connectivity index (χ0) is 12.8. The average Bonchev–Trinajstić information content (AvgIpc) is 2.37. The molecule has 1 aliphatic carbocycles. The van der Waals surface area contributed by atoms with Crippen LogP contribution >= 0.6 is 0 Å². The van der Waals surface area contributed by atoms with Crippen molar-refractivity contribution in [2.45, 2.75) is 51.2 Å². The number of rotatable bonds is 0. The molecule has 1 heterocycles. The van der Waals surface area contributed by atoms with Gasteiger partial charge in [-0.1, -0.05) is 39.0 Å². The highest BCUT2D eigenvalue weighted by atomic mass is 16.5. The molecule has 2 heteroatoms. The number of hydrogen-bond donors (Lipinski definition) is 1.